The van der Waals surface area contributed by atoms with Gasteiger partial charge < -0.3 is 0 Å². The lowest BCUT2D eigenvalue weighted by atomic mass is 9.96. The summed E-state index contributed by atoms with van der Waals surface area (Å²) in [5, 5.41) is 13.4. The third kappa shape index (κ3) is 3.99. The summed E-state index contributed by atoms with van der Waals surface area (Å²) in [6, 6.07) is 40.1. The van der Waals surface area contributed by atoms with Gasteiger partial charge in [0.05, 0.1) is 0 Å². The minimum absolute atomic E-state index is 1.31. The fourth-order valence-corrected chi connectivity index (χ4v) is 5.44. The largest absolute Gasteiger partial charge is 0.0587 e. The summed E-state index contributed by atoms with van der Waals surface area (Å²) in [5.74, 6) is 0. The smallest absolute Gasteiger partial charge is 0.00990 e. The first-order chi connectivity index (χ1) is 17.5. The molecule has 0 bridgehead atoms. The molecule has 0 heteroatoms. The molecule has 0 heterocycles. The van der Waals surface area contributed by atoms with E-state index >= 15 is 0 Å². The topological polar surface area (TPSA) is 0 Å². The first-order valence-electron chi connectivity index (χ1n) is 12.7. The number of fused-ring (bicyclic) bond motifs is 8. The lowest BCUT2D eigenvalue weighted by Gasteiger charge is -2.08. The number of benzene rings is 7. The standard InChI is InChI=1S/C20H16.C16H14/c1-13-3-7-17-15(11-13)5-9-20-18-8-4-14(2)12-16(18)6-10-19(17)20;1-11-3-7-15-13(9-11)5-6-14-10-12(2)4-8-16(14)15/h3-12H,1-2H3;3-10H,1-2H3. The molecular formula is C36H30. The van der Waals surface area contributed by atoms with Crippen molar-refractivity contribution in [2.24, 2.45) is 0 Å². The SMILES string of the molecule is Cc1ccc2c(ccc3c4ccc(C)cc4ccc23)c1.Cc1ccc2c(ccc3cc(C)ccc32)c1. The maximum absolute atomic E-state index is 2.26. The third-order valence-corrected chi connectivity index (χ3v) is 7.29. The summed E-state index contributed by atoms with van der Waals surface area (Å²) in [6.07, 6.45) is 0. The molecule has 0 fully saturated rings. The van der Waals surface area contributed by atoms with E-state index in [0.717, 1.165) is 0 Å². The number of hydrogen-bond donors (Lipinski definition) is 0. The Bertz CT molecular complexity index is 1780. The molecule has 7 rings (SSSR count). The van der Waals surface area contributed by atoms with E-state index in [0.29, 0.717) is 0 Å². The molecule has 36 heavy (non-hydrogen) atoms. The first-order valence-corrected chi connectivity index (χ1v) is 12.7. The molecule has 0 aromatic heterocycles. The molecule has 0 saturated carbocycles. The van der Waals surface area contributed by atoms with Crippen molar-refractivity contribution in [3.05, 3.63) is 131 Å². The minimum Gasteiger partial charge on any atom is -0.0587 e. The Balaban J connectivity index is 0.000000137. The molecule has 174 valence electrons. The summed E-state index contributed by atoms with van der Waals surface area (Å²) in [5.41, 5.74) is 5.26. The van der Waals surface area contributed by atoms with Crippen LogP contribution in [-0.2, 0) is 0 Å². The molecule has 7 aromatic rings. The van der Waals surface area contributed by atoms with Crippen molar-refractivity contribution in [2.75, 3.05) is 0 Å². The Morgan fingerprint density at radius 2 is 0.472 bits per heavy atom. The average molecular weight is 463 g/mol. The van der Waals surface area contributed by atoms with E-state index < -0.39 is 0 Å². The van der Waals surface area contributed by atoms with Gasteiger partial charge in [0.1, 0.15) is 0 Å². The maximum Gasteiger partial charge on any atom is -0.00990 e. The van der Waals surface area contributed by atoms with Gasteiger partial charge in [-0.3, -0.25) is 0 Å². The van der Waals surface area contributed by atoms with E-state index in [2.05, 4.69) is 137 Å². The van der Waals surface area contributed by atoms with Crippen molar-refractivity contribution in [3.63, 3.8) is 0 Å². The van der Waals surface area contributed by atoms with Crippen LogP contribution in [0.2, 0.25) is 0 Å². The van der Waals surface area contributed by atoms with Crippen LogP contribution in [0.25, 0.3) is 53.9 Å². The number of aryl methyl sites for hydroxylation is 4. The Morgan fingerprint density at radius 3 is 0.778 bits per heavy atom. The van der Waals surface area contributed by atoms with Crippen LogP contribution in [0.5, 0.6) is 0 Å². The molecule has 0 unspecified atom stereocenters. The quantitative estimate of drug-likeness (QED) is 0.197. The van der Waals surface area contributed by atoms with Gasteiger partial charge in [0.25, 0.3) is 0 Å². The summed E-state index contributed by atoms with van der Waals surface area (Å²) in [4.78, 5) is 0. The Labute approximate surface area is 212 Å². The minimum atomic E-state index is 1.31. The van der Waals surface area contributed by atoms with Crippen molar-refractivity contribution >= 4 is 53.9 Å². The molecule has 0 aliphatic rings. The molecule has 0 aliphatic carbocycles. The fraction of sp³-hybridized carbons (Fsp3) is 0.111. The number of rotatable bonds is 0. The average Bonchev–Trinajstić information content (AvgIpc) is 2.87. The van der Waals surface area contributed by atoms with Gasteiger partial charge in [-0.1, -0.05) is 131 Å². The fourth-order valence-electron chi connectivity index (χ4n) is 5.44. The zero-order valence-corrected chi connectivity index (χ0v) is 21.4. The van der Waals surface area contributed by atoms with E-state index in [4.69, 9.17) is 0 Å². The normalized spacial score (nSPS) is 11.3. The molecule has 0 spiro atoms. The summed E-state index contributed by atoms with van der Waals surface area (Å²) < 4.78 is 0. The molecule has 0 atom stereocenters. The van der Waals surface area contributed by atoms with Gasteiger partial charge >= 0.3 is 0 Å². The van der Waals surface area contributed by atoms with Crippen molar-refractivity contribution in [1.82, 2.24) is 0 Å². The second-order valence-electron chi connectivity index (χ2n) is 10.2. The molecule has 0 amide bonds. The highest BCUT2D eigenvalue weighted by Crippen LogP contribution is 2.32. The molecular weight excluding hydrogens is 432 g/mol. The van der Waals surface area contributed by atoms with Gasteiger partial charge in [0.2, 0.25) is 0 Å². The molecule has 0 nitrogen and oxygen atoms in total. The highest BCUT2D eigenvalue weighted by Gasteiger charge is 2.05. The molecule has 7 aromatic carbocycles. The van der Waals surface area contributed by atoms with Gasteiger partial charge in [0, 0.05) is 0 Å². The zero-order chi connectivity index (χ0) is 24.8. The lowest BCUT2D eigenvalue weighted by Crippen LogP contribution is -1.82. The Morgan fingerprint density at radius 1 is 0.250 bits per heavy atom. The van der Waals surface area contributed by atoms with Crippen LogP contribution in [-0.4, -0.2) is 0 Å². The van der Waals surface area contributed by atoms with Crippen molar-refractivity contribution < 1.29 is 0 Å². The van der Waals surface area contributed by atoms with Crippen LogP contribution in [0.4, 0.5) is 0 Å². The van der Waals surface area contributed by atoms with E-state index in [1.54, 1.807) is 0 Å². The summed E-state index contributed by atoms with van der Waals surface area (Å²) in [7, 11) is 0. The van der Waals surface area contributed by atoms with Crippen LogP contribution >= 0.6 is 0 Å². The van der Waals surface area contributed by atoms with Crippen LogP contribution in [0, 0.1) is 27.7 Å². The van der Waals surface area contributed by atoms with Crippen LogP contribution in [0.3, 0.4) is 0 Å². The van der Waals surface area contributed by atoms with E-state index in [1.807, 2.05) is 0 Å². The highest BCUT2D eigenvalue weighted by atomic mass is 14.1. The second kappa shape index (κ2) is 8.81. The predicted octanol–water partition coefficient (Wildman–Crippen LogP) is 10.4. The first kappa shape index (κ1) is 22.3. The van der Waals surface area contributed by atoms with Gasteiger partial charge in [-0.25, -0.2) is 0 Å². The highest BCUT2D eigenvalue weighted by molar-refractivity contribution is 6.17. The predicted molar refractivity (Wildman–Crippen MR) is 159 cm³/mol. The van der Waals surface area contributed by atoms with E-state index in [9.17, 15) is 0 Å². The third-order valence-electron chi connectivity index (χ3n) is 7.29. The van der Waals surface area contributed by atoms with Crippen LogP contribution in [0.1, 0.15) is 22.3 Å². The summed E-state index contributed by atoms with van der Waals surface area (Å²) in [6.45, 7) is 8.57. The monoisotopic (exact) mass is 462 g/mol. The van der Waals surface area contributed by atoms with E-state index in [-0.39, 0.29) is 0 Å². The van der Waals surface area contributed by atoms with Gasteiger partial charge in [-0.2, -0.15) is 0 Å². The summed E-state index contributed by atoms with van der Waals surface area (Å²) >= 11 is 0. The second-order valence-corrected chi connectivity index (χ2v) is 10.2. The van der Waals surface area contributed by atoms with E-state index in [1.165, 1.54) is 76.1 Å². The van der Waals surface area contributed by atoms with Crippen molar-refractivity contribution in [2.45, 2.75) is 27.7 Å². The zero-order valence-electron chi connectivity index (χ0n) is 21.4. The maximum atomic E-state index is 2.26. The van der Waals surface area contributed by atoms with Gasteiger partial charge in [-0.15, -0.1) is 0 Å². The van der Waals surface area contributed by atoms with Crippen LogP contribution < -0.4 is 0 Å². The number of hydrogen-bond acceptors (Lipinski definition) is 0. The van der Waals surface area contributed by atoms with Gasteiger partial charge in [-0.05, 0) is 81.6 Å². The molecule has 0 saturated heterocycles. The van der Waals surface area contributed by atoms with Crippen LogP contribution in [0.15, 0.2) is 109 Å². The molecule has 0 radical (unpaired) electrons. The Kier molecular flexibility index (Phi) is 5.46. The lowest BCUT2D eigenvalue weighted by molar-refractivity contribution is 1.50. The Hall–Kier alpha value is -4.16. The van der Waals surface area contributed by atoms with Gasteiger partial charge in [0.15, 0.2) is 0 Å². The van der Waals surface area contributed by atoms with Crippen molar-refractivity contribution in [3.8, 4) is 0 Å². The molecule has 0 aliphatic heterocycles. The van der Waals surface area contributed by atoms with Crippen molar-refractivity contribution in [1.29, 1.82) is 0 Å². The molecule has 0 N–H and O–H groups in total.